The summed E-state index contributed by atoms with van der Waals surface area (Å²) in [4.78, 5) is 16.3. The summed E-state index contributed by atoms with van der Waals surface area (Å²) in [5, 5.41) is 8.87. The van der Waals surface area contributed by atoms with E-state index in [4.69, 9.17) is 14.7 Å². The number of hydroxylamine groups is 1. The van der Waals surface area contributed by atoms with Gasteiger partial charge in [0.15, 0.2) is 0 Å². The molecule has 0 saturated heterocycles. The molecular weight excluding hydrogens is 378 g/mol. The predicted octanol–water partition coefficient (Wildman–Crippen LogP) is 4.94. The quantitative estimate of drug-likeness (QED) is 0.371. The van der Waals surface area contributed by atoms with Crippen molar-refractivity contribution in [1.82, 2.24) is 5.48 Å². The van der Waals surface area contributed by atoms with Crippen molar-refractivity contribution in [3.05, 3.63) is 96.1 Å². The molecule has 0 amide bonds. The fourth-order valence-electron chi connectivity index (χ4n) is 3.01. The fraction of sp³-hybridized carbons (Fsp3) is 0.160. The second-order valence-electron chi connectivity index (χ2n) is 6.66. The van der Waals surface area contributed by atoms with Gasteiger partial charge in [0.25, 0.3) is 0 Å². The number of benzene rings is 3. The van der Waals surface area contributed by atoms with Crippen LogP contribution >= 0.6 is 0 Å². The average molecular weight is 403 g/mol. The number of hydrogen-bond donors (Lipinski definition) is 2. The highest BCUT2D eigenvalue weighted by Crippen LogP contribution is 2.21. The van der Waals surface area contributed by atoms with Gasteiger partial charge in [-0.2, -0.15) is 0 Å². The number of carboxylic acids is 1. The molecule has 0 fully saturated rings. The van der Waals surface area contributed by atoms with Crippen LogP contribution in [0.5, 0.6) is 5.75 Å². The Hall–Kier alpha value is -3.57. The largest absolute Gasteiger partial charge is 0.491 e. The number of hydrogen-bond acceptors (Lipinski definition) is 4. The molecule has 3 rings (SSSR count). The molecule has 0 aliphatic carbocycles. The number of allylic oxidation sites excluding steroid dienone is 1. The molecule has 0 aromatic heterocycles. The zero-order valence-electron chi connectivity index (χ0n) is 16.9. The summed E-state index contributed by atoms with van der Waals surface area (Å²) in [6.45, 7) is 2.62. The SMILES string of the molecule is CC=C(NOCCOc1cccc(CC(=O)O)c1)c1ccc(-c2ccccc2)cc1. The monoisotopic (exact) mass is 403 g/mol. The normalized spacial score (nSPS) is 11.2. The summed E-state index contributed by atoms with van der Waals surface area (Å²) in [5.41, 5.74) is 7.92. The lowest BCUT2D eigenvalue weighted by Gasteiger charge is -2.13. The highest BCUT2D eigenvalue weighted by molar-refractivity contribution is 5.70. The molecule has 0 heterocycles. The van der Waals surface area contributed by atoms with Crippen LogP contribution in [0.4, 0.5) is 0 Å². The second kappa shape index (κ2) is 10.8. The number of rotatable bonds is 10. The van der Waals surface area contributed by atoms with Gasteiger partial charge in [0.1, 0.15) is 19.0 Å². The van der Waals surface area contributed by atoms with Gasteiger partial charge in [0.05, 0.1) is 12.1 Å². The van der Waals surface area contributed by atoms with E-state index in [1.165, 1.54) is 5.56 Å². The lowest BCUT2D eigenvalue weighted by molar-refractivity contribution is -0.136. The summed E-state index contributed by atoms with van der Waals surface area (Å²) in [7, 11) is 0. The van der Waals surface area contributed by atoms with Crippen LogP contribution in [0.1, 0.15) is 18.1 Å². The van der Waals surface area contributed by atoms with Gasteiger partial charge in [-0.15, -0.1) is 0 Å². The molecule has 5 heteroatoms. The maximum Gasteiger partial charge on any atom is 0.307 e. The van der Waals surface area contributed by atoms with E-state index in [0.717, 1.165) is 16.8 Å². The van der Waals surface area contributed by atoms with Gasteiger partial charge in [-0.05, 0) is 41.3 Å². The Morgan fingerprint density at radius 1 is 0.933 bits per heavy atom. The van der Waals surface area contributed by atoms with E-state index < -0.39 is 5.97 Å². The number of carbonyl (C=O) groups is 1. The maximum atomic E-state index is 10.8. The molecule has 0 saturated carbocycles. The van der Waals surface area contributed by atoms with Crippen LogP contribution in [-0.2, 0) is 16.1 Å². The van der Waals surface area contributed by atoms with Crippen molar-refractivity contribution in [2.24, 2.45) is 0 Å². The average Bonchev–Trinajstić information content (AvgIpc) is 2.77. The number of ether oxygens (including phenoxy) is 1. The van der Waals surface area contributed by atoms with E-state index >= 15 is 0 Å². The Labute approximate surface area is 176 Å². The molecular formula is C25H25NO4. The molecule has 30 heavy (non-hydrogen) atoms. The van der Waals surface area contributed by atoms with Crippen LogP contribution in [-0.4, -0.2) is 24.3 Å². The smallest absolute Gasteiger partial charge is 0.307 e. The molecule has 2 N–H and O–H groups in total. The van der Waals surface area contributed by atoms with Crippen molar-refractivity contribution in [2.45, 2.75) is 13.3 Å². The molecule has 0 aliphatic heterocycles. The number of carboxylic acid groups (broad SMARTS) is 1. The van der Waals surface area contributed by atoms with Gasteiger partial charge in [-0.1, -0.05) is 72.8 Å². The minimum absolute atomic E-state index is 0.0248. The zero-order chi connectivity index (χ0) is 21.2. The van der Waals surface area contributed by atoms with Crippen LogP contribution in [0, 0.1) is 0 Å². The van der Waals surface area contributed by atoms with Crippen molar-refractivity contribution in [1.29, 1.82) is 0 Å². The first-order valence-electron chi connectivity index (χ1n) is 9.79. The summed E-state index contributed by atoms with van der Waals surface area (Å²) < 4.78 is 5.64. The third-order valence-corrected chi connectivity index (χ3v) is 4.48. The standard InChI is InChI=1S/C25H25NO4/c1-2-24(22-13-11-21(12-14-22)20-8-4-3-5-9-20)26-30-16-15-29-23-10-6-7-19(17-23)18-25(27)28/h2-14,17,26H,15-16,18H2,1H3,(H,27,28). The molecule has 0 spiro atoms. The Kier molecular flexibility index (Phi) is 7.64. The van der Waals surface area contributed by atoms with Gasteiger partial charge < -0.3 is 9.84 Å². The summed E-state index contributed by atoms with van der Waals surface area (Å²) in [5.74, 6) is -0.240. The number of nitrogens with one attached hydrogen (secondary N) is 1. The van der Waals surface area contributed by atoms with E-state index in [-0.39, 0.29) is 6.42 Å². The van der Waals surface area contributed by atoms with E-state index in [0.29, 0.717) is 24.5 Å². The highest BCUT2D eigenvalue weighted by atomic mass is 16.7. The lowest BCUT2D eigenvalue weighted by atomic mass is 10.0. The van der Waals surface area contributed by atoms with Crippen molar-refractivity contribution >= 4 is 11.7 Å². The maximum absolute atomic E-state index is 10.8. The Balaban J connectivity index is 1.46. The van der Waals surface area contributed by atoms with E-state index in [1.54, 1.807) is 24.3 Å². The van der Waals surface area contributed by atoms with Crippen molar-refractivity contribution in [3.63, 3.8) is 0 Å². The Morgan fingerprint density at radius 2 is 1.67 bits per heavy atom. The van der Waals surface area contributed by atoms with Gasteiger partial charge in [-0.3, -0.25) is 15.1 Å². The third kappa shape index (κ3) is 6.22. The Bertz CT molecular complexity index is 982. The molecule has 3 aromatic rings. The van der Waals surface area contributed by atoms with Gasteiger partial charge in [-0.25, -0.2) is 0 Å². The molecule has 3 aromatic carbocycles. The molecule has 0 bridgehead atoms. The molecule has 0 atom stereocenters. The fourth-order valence-corrected chi connectivity index (χ4v) is 3.01. The first kappa shape index (κ1) is 21.1. The first-order valence-corrected chi connectivity index (χ1v) is 9.79. The molecule has 0 radical (unpaired) electrons. The summed E-state index contributed by atoms with van der Waals surface area (Å²) >= 11 is 0. The van der Waals surface area contributed by atoms with Gasteiger partial charge in [0.2, 0.25) is 0 Å². The van der Waals surface area contributed by atoms with Crippen molar-refractivity contribution in [2.75, 3.05) is 13.2 Å². The minimum atomic E-state index is -0.865. The van der Waals surface area contributed by atoms with Gasteiger partial charge >= 0.3 is 5.97 Å². The second-order valence-corrected chi connectivity index (χ2v) is 6.66. The van der Waals surface area contributed by atoms with Crippen molar-refractivity contribution < 1.29 is 19.5 Å². The van der Waals surface area contributed by atoms with Crippen LogP contribution < -0.4 is 10.2 Å². The molecule has 0 unspecified atom stereocenters. The summed E-state index contributed by atoms with van der Waals surface area (Å²) in [6, 6.07) is 25.6. The van der Waals surface area contributed by atoms with Crippen molar-refractivity contribution in [3.8, 4) is 16.9 Å². The van der Waals surface area contributed by atoms with Crippen LogP contribution in [0.2, 0.25) is 0 Å². The topological polar surface area (TPSA) is 67.8 Å². The zero-order valence-corrected chi connectivity index (χ0v) is 16.9. The lowest BCUT2D eigenvalue weighted by Crippen LogP contribution is -2.17. The predicted molar refractivity (Wildman–Crippen MR) is 118 cm³/mol. The van der Waals surface area contributed by atoms with E-state index in [9.17, 15) is 4.79 Å². The number of aliphatic carboxylic acids is 1. The molecule has 154 valence electrons. The summed E-state index contributed by atoms with van der Waals surface area (Å²) in [6.07, 6.45) is 1.93. The van der Waals surface area contributed by atoms with E-state index in [2.05, 4.69) is 41.9 Å². The Morgan fingerprint density at radius 3 is 2.37 bits per heavy atom. The molecule has 0 aliphatic rings. The first-order chi connectivity index (χ1) is 14.7. The highest BCUT2D eigenvalue weighted by Gasteiger charge is 2.04. The van der Waals surface area contributed by atoms with Crippen LogP contribution in [0.15, 0.2) is 84.9 Å². The van der Waals surface area contributed by atoms with Crippen LogP contribution in [0.3, 0.4) is 0 Å². The molecule has 5 nitrogen and oxygen atoms in total. The third-order valence-electron chi connectivity index (χ3n) is 4.48. The van der Waals surface area contributed by atoms with Crippen LogP contribution in [0.25, 0.3) is 16.8 Å². The minimum Gasteiger partial charge on any atom is -0.491 e. The van der Waals surface area contributed by atoms with Gasteiger partial charge in [0, 0.05) is 0 Å². The van der Waals surface area contributed by atoms with E-state index in [1.807, 2.05) is 31.2 Å².